The van der Waals surface area contributed by atoms with Gasteiger partial charge in [-0.1, -0.05) is 0 Å². The van der Waals surface area contributed by atoms with Crippen molar-refractivity contribution in [1.82, 2.24) is 0 Å². The Labute approximate surface area is 299 Å². The molecule has 0 unspecified atom stereocenters. The molecule has 0 spiro atoms. The van der Waals surface area contributed by atoms with Crippen molar-refractivity contribution < 1.29 is 87.3 Å². The summed E-state index contributed by atoms with van der Waals surface area (Å²) in [6.07, 6.45) is -14.9. The van der Waals surface area contributed by atoms with E-state index in [1.807, 2.05) is 0 Å². The summed E-state index contributed by atoms with van der Waals surface area (Å²) in [7, 11) is 1.12. The van der Waals surface area contributed by atoms with Crippen molar-refractivity contribution in [2.24, 2.45) is 0 Å². The average Bonchev–Trinajstić information content (AvgIpc) is 3.07. The summed E-state index contributed by atoms with van der Waals surface area (Å²) in [5.41, 5.74) is -1.54. The highest BCUT2D eigenvalue weighted by Crippen LogP contribution is 2.46. The van der Waals surface area contributed by atoms with Crippen molar-refractivity contribution in [3.8, 4) is 45.8 Å². The van der Waals surface area contributed by atoms with Gasteiger partial charge in [0.1, 0.15) is 29.3 Å². The number of hydrogen-bond donors (Lipinski definition) is 6. The highest BCUT2D eigenvalue weighted by atomic mass is 16.7. The van der Waals surface area contributed by atoms with E-state index in [1.165, 1.54) is 19.9 Å². The highest BCUT2D eigenvalue weighted by molar-refractivity contribution is 5.91. The predicted molar refractivity (Wildman–Crippen MR) is 174 cm³/mol. The molecule has 2 saturated heterocycles. The maximum absolute atomic E-state index is 14.2. The predicted octanol–water partition coefficient (Wildman–Crippen LogP) is 0.710. The molecule has 2 aliphatic rings. The molecule has 0 saturated carbocycles. The minimum atomic E-state index is -1.90. The smallest absolute Gasteiger partial charge is 0.303 e. The summed E-state index contributed by atoms with van der Waals surface area (Å²) in [5.74, 6) is -6.36. The van der Waals surface area contributed by atoms with E-state index in [1.54, 1.807) is 0 Å². The van der Waals surface area contributed by atoms with E-state index in [9.17, 15) is 49.8 Å². The summed E-state index contributed by atoms with van der Waals surface area (Å²) in [6.45, 7) is 6.13. The molecule has 288 valence electrons. The third-order valence-electron chi connectivity index (χ3n) is 8.39. The van der Waals surface area contributed by atoms with Gasteiger partial charge < -0.3 is 73.0 Å². The van der Waals surface area contributed by atoms with Crippen LogP contribution in [0.4, 0.5) is 0 Å². The second kappa shape index (κ2) is 15.3. The van der Waals surface area contributed by atoms with Gasteiger partial charge in [0.05, 0.1) is 19.3 Å². The number of benzene rings is 2. The molecule has 0 amide bonds. The number of carbonyl (C=O) groups is 3. The number of aromatic hydroxyl groups is 3. The van der Waals surface area contributed by atoms with Crippen LogP contribution in [0.25, 0.3) is 22.3 Å². The lowest BCUT2D eigenvalue weighted by Crippen LogP contribution is -2.60. The second-order valence-electron chi connectivity index (χ2n) is 12.3. The lowest BCUT2D eigenvalue weighted by atomic mass is 9.99. The highest BCUT2D eigenvalue weighted by Gasteiger charge is 2.50. The van der Waals surface area contributed by atoms with Crippen molar-refractivity contribution in [2.75, 3.05) is 7.11 Å². The van der Waals surface area contributed by atoms with Gasteiger partial charge in [0.25, 0.3) is 0 Å². The second-order valence-corrected chi connectivity index (χ2v) is 12.3. The number of esters is 3. The summed E-state index contributed by atoms with van der Waals surface area (Å²) in [5, 5.41) is 63.7. The number of rotatable bonds is 9. The van der Waals surface area contributed by atoms with Crippen LogP contribution in [0.1, 0.15) is 34.6 Å². The van der Waals surface area contributed by atoms with Crippen molar-refractivity contribution >= 4 is 28.9 Å². The normalized spacial score (nSPS) is 28.5. The molecular formula is C34H38O19. The van der Waals surface area contributed by atoms with Gasteiger partial charge in [-0.25, -0.2) is 0 Å². The van der Waals surface area contributed by atoms with Crippen LogP contribution in [0.2, 0.25) is 0 Å². The monoisotopic (exact) mass is 750 g/mol. The minimum absolute atomic E-state index is 0.0669. The maximum atomic E-state index is 14.2. The van der Waals surface area contributed by atoms with Crippen LogP contribution in [0.3, 0.4) is 0 Å². The Morgan fingerprint density at radius 1 is 0.698 bits per heavy atom. The van der Waals surface area contributed by atoms with Gasteiger partial charge in [0.15, 0.2) is 47.1 Å². The van der Waals surface area contributed by atoms with Crippen LogP contribution in [0.15, 0.2) is 33.5 Å². The average molecular weight is 751 g/mol. The van der Waals surface area contributed by atoms with E-state index in [-0.39, 0.29) is 11.3 Å². The molecule has 2 fully saturated rings. The van der Waals surface area contributed by atoms with E-state index in [0.29, 0.717) is 0 Å². The SMILES string of the molecule is COc1c(O[C@H]2O[C@@H](C)[C@H](OC(C)=O)[C@H](O)[C@H]2OC(C)=O)cc2oc(-c3ccc(O)c(O)c3)c(O[C@@H]3O[C@@H](C)[C@H](OC(C)=O)[C@H](O)[C@@H]3O)c(=O)c2c1O. The number of methoxy groups -OCH3 is 1. The van der Waals surface area contributed by atoms with Crippen molar-refractivity contribution in [2.45, 2.75) is 96.0 Å². The number of aliphatic hydroxyl groups excluding tert-OH is 3. The molecule has 19 heteroatoms. The number of fused-ring (bicyclic) bond motifs is 1. The van der Waals surface area contributed by atoms with Gasteiger partial charge in [-0.15, -0.1) is 0 Å². The maximum Gasteiger partial charge on any atom is 0.303 e. The van der Waals surface area contributed by atoms with Crippen molar-refractivity contribution in [1.29, 1.82) is 0 Å². The first-order valence-electron chi connectivity index (χ1n) is 16.1. The zero-order chi connectivity index (χ0) is 39.0. The number of phenolic OH excluding ortho intramolecular Hbond substituents is 3. The molecule has 19 nitrogen and oxygen atoms in total. The zero-order valence-electron chi connectivity index (χ0n) is 29.1. The largest absolute Gasteiger partial charge is 0.504 e. The molecule has 6 N–H and O–H groups in total. The first-order chi connectivity index (χ1) is 24.9. The van der Waals surface area contributed by atoms with E-state index >= 15 is 0 Å². The molecule has 10 atom stereocenters. The van der Waals surface area contributed by atoms with Crippen LogP contribution in [-0.2, 0) is 38.1 Å². The van der Waals surface area contributed by atoms with Gasteiger partial charge in [0.2, 0.25) is 29.5 Å². The first kappa shape index (κ1) is 38.9. The Bertz CT molecular complexity index is 1940. The Hall–Kier alpha value is -5.34. The number of phenols is 3. The lowest BCUT2D eigenvalue weighted by molar-refractivity contribution is -0.277. The molecule has 2 aromatic carbocycles. The van der Waals surface area contributed by atoms with Crippen molar-refractivity contribution in [3.63, 3.8) is 0 Å². The fourth-order valence-electron chi connectivity index (χ4n) is 5.98. The first-order valence-corrected chi connectivity index (χ1v) is 16.1. The quantitative estimate of drug-likeness (QED) is 0.0998. The summed E-state index contributed by atoms with van der Waals surface area (Å²) >= 11 is 0. The number of ether oxygens (including phenoxy) is 8. The van der Waals surface area contributed by atoms with Gasteiger partial charge >= 0.3 is 17.9 Å². The molecule has 0 radical (unpaired) electrons. The standard InChI is InChI=1S/C34H38O19/c1-11-27(48-13(3)35)24(42)25(43)33(46-11)53-31-23(41)21-19(51-29(31)16-7-8-17(38)18(39)9-16)10-20(30(45-6)22(21)40)52-34-32(50-15(5)37)26(44)28(12(2)47-34)49-14(4)36/h7-12,24-28,32-34,38-40,42-44H,1-6H3/t11-,12-,24+,25-,26-,27-,28-,32+,33-,34+/m0/s1. The summed E-state index contributed by atoms with van der Waals surface area (Å²) in [6, 6.07) is 4.42. The molecule has 0 aliphatic carbocycles. The summed E-state index contributed by atoms with van der Waals surface area (Å²) < 4.78 is 50.1. The van der Waals surface area contributed by atoms with Crippen LogP contribution in [0, 0.1) is 0 Å². The molecule has 3 aromatic rings. The minimum Gasteiger partial charge on any atom is -0.504 e. The lowest BCUT2D eigenvalue weighted by Gasteiger charge is -2.41. The molecule has 2 aliphatic heterocycles. The molecule has 5 rings (SSSR count). The Morgan fingerprint density at radius 3 is 1.83 bits per heavy atom. The van der Waals surface area contributed by atoms with Crippen LogP contribution in [-0.4, -0.2) is 117 Å². The molecule has 3 heterocycles. The Kier molecular flexibility index (Phi) is 11.2. The van der Waals surface area contributed by atoms with E-state index in [4.69, 9.17) is 42.3 Å². The molecule has 53 heavy (non-hydrogen) atoms. The molecule has 1 aromatic heterocycles. The fourth-order valence-corrected chi connectivity index (χ4v) is 5.98. The molecule has 0 bridgehead atoms. The van der Waals surface area contributed by atoms with Gasteiger partial charge in [-0.3, -0.25) is 19.2 Å². The third-order valence-corrected chi connectivity index (χ3v) is 8.39. The Balaban J connectivity index is 1.63. The number of aliphatic hydroxyl groups is 3. The Morgan fingerprint density at radius 2 is 1.26 bits per heavy atom. The van der Waals surface area contributed by atoms with Crippen LogP contribution in [0.5, 0.6) is 34.5 Å². The van der Waals surface area contributed by atoms with Gasteiger partial charge in [0, 0.05) is 32.4 Å². The van der Waals surface area contributed by atoms with E-state index < -0.39 is 130 Å². The zero-order valence-corrected chi connectivity index (χ0v) is 29.1. The number of hydrogen-bond acceptors (Lipinski definition) is 19. The van der Waals surface area contributed by atoms with Crippen LogP contribution < -0.4 is 19.6 Å². The molecular weight excluding hydrogens is 712 g/mol. The number of carbonyl (C=O) groups excluding carboxylic acids is 3. The van der Waals surface area contributed by atoms with Crippen LogP contribution >= 0.6 is 0 Å². The fraction of sp³-hybridized carbons (Fsp3) is 0.471. The topological polar surface area (TPSA) is 277 Å². The van der Waals surface area contributed by atoms with Gasteiger partial charge in [-0.2, -0.15) is 0 Å². The van der Waals surface area contributed by atoms with E-state index in [0.717, 1.165) is 46.1 Å². The van der Waals surface area contributed by atoms with Gasteiger partial charge in [-0.05, 0) is 32.0 Å². The summed E-state index contributed by atoms with van der Waals surface area (Å²) in [4.78, 5) is 49.5. The van der Waals surface area contributed by atoms with E-state index in [2.05, 4.69) is 0 Å². The third kappa shape index (κ3) is 7.74. The van der Waals surface area contributed by atoms with Crippen molar-refractivity contribution in [3.05, 3.63) is 34.5 Å².